The van der Waals surface area contributed by atoms with Gasteiger partial charge in [0.25, 0.3) is 3.30 Å². The summed E-state index contributed by atoms with van der Waals surface area (Å²) >= 11 is -1.20. The first-order valence-electron chi connectivity index (χ1n) is 10.6. The molecule has 0 aliphatic rings. The van der Waals surface area contributed by atoms with Crippen molar-refractivity contribution in [1.82, 2.24) is 0 Å². The maximum atomic E-state index is 13.6. The van der Waals surface area contributed by atoms with Crippen molar-refractivity contribution in [2.24, 2.45) is 0 Å². The molecule has 0 atom stereocenters. The molecule has 0 spiro atoms. The van der Waals surface area contributed by atoms with Crippen LogP contribution >= 0.6 is 6.89 Å². The van der Waals surface area contributed by atoms with Crippen LogP contribution in [0, 0.1) is 3.57 Å². The summed E-state index contributed by atoms with van der Waals surface area (Å²) < 4.78 is 6.73. The lowest BCUT2D eigenvalue weighted by atomic mass is 10.2. The van der Waals surface area contributed by atoms with Crippen LogP contribution < -0.4 is 37.1 Å². The number of carbonyl (C=O) groups is 2. The van der Waals surface area contributed by atoms with Gasteiger partial charge in [0.2, 0.25) is 3.57 Å². The van der Waals surface area contributed by atoms with Crippen LogP contribution in [0.3, 0.4) is 0 Å². The first-order valence-corrected chi connectivity index (χ1v) is 14.5. The second-order valence-electron chi connectivity index (χ2n) is 7.34. The normalized spacial score (nSPS) is 11.0. The van der Waals surface area contributed by atoms with Gasteiger partial charge in [-0.3, -0.25) is 0 Å². The van der Waals surface area contributed by atoms with E-state index < -0.39 is 40.0 Å². The zero-order valence-electron chi connectivity index (χ0n) is 18.5. The van der Waals surface area contributed by atoms with Gasteiger partial charge in [0.1, 0.15) is 5.56 Å². The van der Waals surface area contributed by atoms with E-state index in [1.165, 1.54) is 7.11 Å². The molecule has 0 fully saturated rings. The fraction of sp³-hybridized carbons (Fsp3) is 0.0357. The number of carboxylic acid groups (broad SMARTS) is 1. The van der Waals surface area contributed by atoms with Crippen LogP contribution in [0.2, 0.25) is 0 Å². The smallest absolute Gasteiger partial charge is 0.385 e. The minimum atomic E-state index is -2.65. The summed E-state index contributed by atoms with van der Waals surface area (Å²) in [6.07, 6.45) is 0. The highest BCUT2D eigenvalue weighted by molar-refractivity contribution is 7.96. The van der Waals surface area contributed by atoms with E-state index in [1.54, 1.807) is 12.1 Å². The van der Waals surface area contributed by atoms with E-state index in [0.717, 1.165) is 15.9 Å². The number of carbonyl (C=O) groups excluding carboxylic acids is 1. The van der Waals surface area contributed by atoms with Gasteiger partial charge in [0.05, 0.1) is 7.11 Å². The fourth-order valence-corrected chi connectivity index (χ4v) is 14.1. The molecule has 0 aliphatic heterocycles. The van der Waals surface area contributed by atoms with Crippen molar-refractivity contribution in [1.29, 1.82) is 0 Å². The van der Waals surface area contributed by atoms with Crippen molar-refractivity contribution in [2.45, 2.75) is 0 Å². The van der Waals surface area contributed by atoms with E-state index in [-0.39, 0.29) is 5.56 Å². The highest BCUT2D eigenvalue weighted by Crippen LogP contribution is 2.44. The van der Waals surface area contributed by atoms with Gasteiger partial charge in [-0.05, 0) is 28.0 Å². The summed E-state index contributed by atoms with van der Waals surface area (Å²) in [6, 6.07) is 37.1. The molecule has 4 aromatic carbocycles. The highest BCUT2D eigenvalue weighted by Gasteiger charge is 2.44. The average molecular weight is 581 g/mol. The zero-order valence-corrected chi connectivity index (χ0v) is 21.5. The Hall–Kier alpha value is -3.15. The molecule has 34 heavy (non-hydrogen) atoms. The first-order chi connectivity index (χ1) is 16.6. The topological polar surface area (TPSA) is 63.6 Å². The molecule has 170 valence electrons. The summed E-state index contributed by atoms with van der Waals surface area (Å²) in [5.74, 6) is -1.39. The lowest BCUT2D eigenvalue weighted by Crippen LogP contribution is -3.65. The standard InChI is InChI=1S/C28H22IO4P/c1-33-28(32)26(29-25-20-12-11-19-24(25)27(30)31)34(21-13-5-2-6-14-21,22-15-7-3-8-16-22)23-17-9-4-10-18-23/h2-20H,1H3/p+1. The Morgan fingerprint density at radius 3 is 1.50 bits per heavy atom. The maximum Gasteiger partial charge on any atom is 0.385 e. The van der Waals surface area contributed by atoms with E-state index in [9.17, 15) is 14.7 Å². The number of aromatic carboxylic acids is 1. The van der Waals surface area contributed by atoms with Gasteiger partial charge >= 0.3 is 33.1 Å². The van der Waals surface area contributed by atoms with Crippen molar-refractivity contribution in [3.63, 3.8) is 0 Å². The van der Waals surface area contributed by atoms with E-state index in [0.29, 0.717) is 6.87 Å². The zero-order chi connectivity index (χ0) is 24.0. The number of esters is 1. The molecule has 0 bridgehead atoms. The van der Waals surface area contributed by atoms with E-state index in [2.05, 4.69) is 36.4 Å². The van der Waals surface area contributed by atoms with Crippen LogP contribution in [0.15, 0.2) is 115 Å². The van der Waals surface area contributed by atoms with Crippen molar-refractivity contribution >= 4 is 38.0 Å². The molecule has 1 N–H and O–H groups in total. The van der Waals surface area contributed by atoms with Crippen LogP contribution in [-0.2, 0) is 9.53 Å². The van der Waals surface area contributed by atoms with Gasteiger partial charge in [-0.1, -0.05) is 103 Å². The number of hydrogen-bond acceptors (Lipinski definition) is 3. The lowest BCUT2D eigenvalue weighted by Gasteiger charge is -2.27. The Kier molecular flexibility index (Phi) is 7.66. The molecule has 0 radical (unpaired) electrons. The Morgan fingerprint density at radius 2 is 1.09 bits per heavy atom. The third-order valence-corrected chi connectivity index (χ3v) is 14.6. The van der Waals surface area contributed by atoms with Crippen molar-refractivity contribution < 1.29 is 40.6 Å². The molecule has 6 heteroatoms. The molecule has 4 rings (SSSR count). The molecule has 0 amide bonds. The summed E-state index contributed by atoms with van der Waals surface area (Å²) in [4.78, 5) is 25.6. The quantitative estimate of drug-likeness (QED) is 0.201. The minimum absolute atomic E-state index is 0.226. The molecule has 0 aliphatic carbocycles. The van der Waals surface area contributed by atoms with Gasteiger partial charge < -0.3 is 9.84 Å². The Labute approximate surface area is 209 Å². The predicted molar refractivity (Wildman–Crippen MR) is 134 cm³/mol. The molecule has 0 aromatic heterocycles. The third-order valence-electron chi connectivity index (χ3n) is 5.37. The van der Waals surface area contributed by atoms with E-state index in [1.807, 2.05) is 66.7 Å². The third kappa shape index (κ3) is 4.59. The van der Waals surface area contributed by atoms with Gasteiger partial charge in [-0.2, -0.15) is 0 Å². The monoisotopic (exact) mass is 581 g/mol. The SMILES string of the molecule is COC(=O)C([I+]c1ccccc1C(=O)O)=P(c1ccccc1)(c1ccccc1)c1ccccc1. The summed E-state index contributed by atoms with van der Waals surface area (Å²) in [5, 5.41) is 12.9. The van der Waals surface area contributed by atoms with Crippen LogP contribution in [0.4, 0.5) is 0 Å². The molecule has 0 heterocycles. The largest absolute Gasteiger partial charge is 0.478 e. The van der Waals surface area contributed by atoms with E-state index in [4.69, 9.17) is 4.74 Å². The summed E-state index contributed by atoms with van der Waals surface area (Å²) in [5.41, 5.74) is 0.226. The van der Waals surface area contributed by atoms with Crippen LogP contribution in [-0.4, -0.2) is 27.5 Å². The van der Waals surface area contributed by atoms with Gasteiger partial charge in [0.15, 0.2) is 0 Å². The molecular weight excluding hydrogens is 558 g/mol. The van der Waals surface area contributed by atoms with E-state index >= 15 is 0 Å². The van der Waals surface area contributed by atoms with Crippen molar-refractivity contribution in [2.75, 3.05) is 7.11 Å². The summed E-state index contributed by atoms with van der Waals surface area (Å²) in [7, 11) is 1.39. The van der Waals surface area contributed by atoms with Gasteiger partial charge in [-0.25, -0.2) is 9.59 Å². The Morgan fingerprint density at radius 1 is 0.676 bits per heavy atom. The maximum absolute atomic E-state index is 13.6. The van der Waals surface area contributed by atoms with Crippen molar-refractivity contribution in [3.8, 4) is 0 Å². The molecule has 0 unspecified atom stereocenters. The number of ether oxygens (including phenoxy) is 1. The lowest BCUT2D eigenvalue weighted by molar-refractivity contribution is -0.502. The van der Waals surface area contributed by atoms with Gasteiger partial charge in [-0.15, -0.1) is 0 Å². The molecule has 4 nitrogen and oxygen atoms in total. The molecule has 0 saturated carbocycles. The number of carboxylic acids is 1. The number of hydrogen-bond donors (Lipinski definition) is 1. The highest BCUT2D eigenvalue weighted by atomic mass is 127. The second kappa shape index (κ2) is 10.9. The average Bonchev–Trinajstić information content (AvgIpc) is 2.90. The number of methoxy groups -OCH3 is 1. The number of benzene rings is 4. The molecule has 4 aromatic rings. The Bertz CT molecular complexity index is 1250. The van der Waals surface area contributed by atoms with Crippen LogP contribution in [0.25, 0.3) is 0 Å². The molecule has 0 saturated heterocycles. The first kappa shape index (κ1) is 24.0. The minimum Gasteiger partial charge on any atom is -0.478 e. The predicted octanol–water partition coefficient (Wildman–Crippen LogP) is 0.940. The van der Waals surface area contributed by atoms with Crippen molar-refractivity contribution in [3.05, 3.63) is 124 Å². The summed E-state index contributed by atoms with van der Waals surface area (Å²) in [6.45, 7) is -2.65. The van der Waals surface area contributed by atoms with Crippen LogP contribution in [0.5, 0.6) is 0 Å². The Balaban J connectivity index is 2.21. The number of rotatable bonds is 7. The van der Waals surface area contributed by atoms with Gasteiger partial charge in [0, 0.05) is 6.89 Å². The van der Waals surface area contributed by atoms with Crippen LogP contribution in [0.1, 0.15) is 10.4 Å². The number of halogens is 1. The fourth-order valence-electron chi connectivity index (χ4n) is 3.88. The second-order valence-corrected chi connectivity index (χ2v) is 14.3. The molecular formula is C28H23IO4P+.